The second-order valence-corrected chi connectivity index (χ2v) is 16.5. The smallest absolute Gasteiger partial charge is 0.0540 e. The number of nitrogens with zero attached hydrogens (tertiary/aromatic N) is 1. The lowest BCUT2D eigenvalue weighted by Crippen LogP contribution is -2.15. The third-order valence-corrected chi connectivity index (χ3v) is 12.7. The Bertz CT molecular complexity index is 3230. The van der Waals surface area contributed by atoms with Crippen LogP contribution in [-0.2, 0) is 5.41 Å². The lowest BCUT2D eigenvalue weighted by atomic mass is 9.81. The molecular weight excluding hydrogens is 723 g/mol. The van der Waals surface area contributed by atoms with Crippen molar-refractivity contribution >= 4 is 38.6 Å². The van der Waals surface area contributed by atoms with E-state index in [-0.39, 0.29) is 5.41 Å². The van der Waals surface area contributed by atoms with E-state index in [1.54, 1.807) is 0 Å². The van der Waals surface area contributed by atoms with E-state index in [4.69, 9.17) is 0 Å². The van der Waals surface area contributed by atoms with Crippen LogP contribution >= 0.6 is 0 Å². The predicted molar refractivity (Wildman–Crippen MR) is 255 cm³/mol. The Balaban J connectivity index is 1.16. The van der Waals surface area contributed by atoms with Crippen molar-refractivity contribution in [3.05, 3.63) is 236 Å². The molecule has 0 aliphatic heterocycles. The van der Waals surface area contributed by atoms with Crippen molar-refractivity contribution in [1.29, 1.82) is 0 Å². The van der Waals surface area contributed by atoms with Gasteiger partial charge in [0.05, 0.1) is 11.4 Å². The standard InChI is InChI=1S/C59H43N/c1-59(2)54-33-11-8-28-50(54)51-37-36-44(39-55(51)59)48-27-9-12-34-56(48)60(45-25-14-24-43(38-45)47-30-15-21-40-20-6-7-26-46(40)47)57-35-13-10-29-52(57)53-32-17-23-42-22-16-31-49(58(42)53)41-18-4-3-5-19-41/h3-39H,1-2H3. The van der Waals surface area contributed by atoms with Gasteiger partial charge >= 0.3 is 0 Å². The van der Waals surface area contributed by atoms with E-state index in [1.165, 1.54) is 88.3 Å². The molecule has 1 aliphatic rings. The van der Waals surface area contributed by atoms with E-state index in [2.05, 4.69) is 243 Å². The summed E-state index contributed by atoms with van der Waals surface area (Å²) in [7, 11) is 0. The van der Waals surface area contributed by atoms with E-state index < -0.39 is 0 Å². The number of hydrogen-bond acceptors (Lipinski definition) is 1. The number of fused-ring (bicyclic) bond motifs is 5. The molecule has 0 atom stereocenters. The van der Waals surface area contributed by atoms with Crippen LogP contribution < -0.4 is 4.90 Å². The lowest BCUT2D eigenvalue weighted by Gasteiger charge is -2.31. The van der Waals surface area contributed by atoms with Crippen LogP contribution in [0.2, 0.25) is 0 Å². The first-order valence-electron chi connectivity index (χ1n) is 20.9. The highest BCUT2D eigenvalue weighted by Crippen LogP contribution is 2.52. The average molecular weight is 766 g/mol. The zero-order chi connectivity index (χ0) is 40.2. The molecule has 0 saturated heterocycles. The Labute approximate surface area is 352 Å². The highest BCUT2D eigenvalue weighted by molar-refractivity contribution is 6.09. The van der Waals surface area contributed by atoms with Crippen molar-refractivity contribution in [3.63, 3.8) is 0 Å². The number of para-hydroxylation sites is 2. The van der Waals surface area contributed by atoms with Crippen molar-refractivity contribution in [2.24, 2.45) is 0 Å². The molecule has 0 fully saturated rings. The molecule has 284 valence electrons. The summed E-state index contributed by atoms with van der Waals surface area (Å²) in [4.78, 5) is 2.50. The highest BCUT2D eigenvalue weighted by Gasteiger charge is 2.35. The summed E-state index contributed by atoms with van der Waals surface area (Å²) >= 11 is 0. The first-order valence-corrected chi connectivity index (χ1v) is 20.9. The largest absolute Gasteiger partial charge is 0.309 e. The van der Waals surface area contributed by atoms with Crippen LogP contribution in [-0.4, -0.2) is 0 Å². The van der Waals surface area contributed by atoms with E-state index in [0.29, 0.717) is 0 Å². The van der Waals surface area contributed by atoms with Gasteiger partial charge in [-0.15, -0.1) is 0 Å². The van der Waals surface area contributed by atoms with Crippen LogP contribution in [0.1, 0.15) is 25.0 Å². The van der Waals surface area contributed by atoms with Gasteiger partial charge in [-0.05, 0) is 108 Å². The SMILES string of the molecule is CC1(C)c2ccccc2-c2ccc(-c3ccccc3N(c3cccc(-c4cccc5ccccc45)c3)c3ccccc3-c3cccc4cccc(-c5ccccc5)c34)cc21. The lowest BCUT2D eigenvalue weighted by molar-refractivity contribution is 0.660. The maximum absolute atomic E-state index is 2.50. The minimum atomic E-state index is -0.110. The number of rotatable bonds is 7. The summed E-state index contributed by atoms with van der Waals surface area (Å²) in [6.45, 7) is 4.73. The van der Waals surface area contributed by atoms with Crippen molar-refractivity contribution < 1.29 is 0 Å². The number of benzene rings is 10. The van der Waals surface area contributed by atoms with E-state index in [9.17, 15) is 0 Å². The minimum absolute atomic E-state index is 0.110. The second kappa shape index (κ2) is 14.4. The molecule has 0 bridgehead atoms. The molecule has 10 aromatic rings. The molecule has 10 aromatic carbocycles. The molecule has 0 aromatic heterocycles. The fourth-order valence-electron chi connectivity index (χ4n) is 9.80. The van der Waals surface area contributed by atoms with E-state index in [0.717, 1.165) is 17.1 Å². The predicted octanol–water partition coefficient (Wildman–Crippen LogP) is 16.4. The Morgan fingerprint density at radius 3 is 1.67 bits per heavy atom. The minimum Gasteiger partial charge on any atom is -0.309 e. The van der Waals surface area contributed by atoms with Crippen LogP contribution in [0.3, 0.4) is 0 Å². The molecule has 60 heavy (non-hydrogen) atoms. The van der Waals surface area contributed by atoms with Gasteiger partial charge in [-0.1, -0.05) is 208 Å². The fourth-order valence-corrected chi connectivity index (χ4v) is 9.80. The van der Waals surface area contributed by atoms with Crippen molar-refractivity contribution in [3.8, 4) is 55.6 Å². The maximum Gasteiger partial charge on any atom is 0.0540 e. The van der Waals surface area contributed by atoms with E-state index in [1.807, 2.05) is 0 Å². The summed E-state index contributed by atoms with van der Waals surface area (Å²) in [6, 6.07) is 82.5. The van der Waals surface area contributed by atoms with Crippen LogP contribution in [0.25, 0.3) is 77.2 Å². The zero-order valence-corrected chi connectivity index (χ0v) is 33.8. The van der Waals surface area contributed by atoms with Gasteiger partial charge in [-0.25, -0.2) is 0 Å². The fraction of sp³-hybridized carbons (Fsp3) is 0.0508. The Morgan fingerprint density at radius 2 is 0.850 bits per heavy atom. The Morgan fingerprint density at radius 1 is 0.317 bits per heavy atom. The van der Waals surface area contributed by atoms with Crippen LogP contribution in [0.5, 0.6) is 0 Å². The zero-order valence-electron chi connectivity index (χ0n) is 33.8. The van der Waals surface area contributed by atoms with Gasteiger partial charge < -0.3 is 4.90 Å². The molecule has 1 aliphatic carbocycles. The molecule has 11 rings (SSSR count). The third kappa shape index (κ3) is 5.85. The average Bonchev–Trinajstić information content (AvgIpc) is 3.54. The van der Waals surface area contributed by atoms with Crippen molar-refractivity contribution in [2.75, 3.05) is 4.90 Å². The monoisotopic (exact) mass is 765 g/mol. The summed E-state index contributed by atoms with van der Waals surface area (Å²) in [5.41, 5.74) is 18.2. The molecule has 0 amide bonds. The summed E-state index contributed by atoms with van der Waals surface area (Å²) < 4.78 is 0. The molecule has 0 radical (unpaired) electrons. The van der Waals surface area contributed by atoms with Gasteiger partial charge in [0.15, 0.2) is 0 Å². The quantitative estimate of drug-likeness (QED) is 0.156. The van der Waals surface area contributed by atoms with Gasteiger partial charge in [0.25, 0.3) is 0 Å². The molecule has 0 N–H and O–H groups in total. The van der Waals surface area contributed by atoms with E-state index >= 15 is 0 Å². The maximum atomic E-state index is 2.50. The van der Waals surface area contributed by atoms with Gasteiger partial charge in [-0.2, -0.15) is 0 Å². The molecule has 0 heterocycles. The van der Waals surface area contributed by atoms with Gasteiger partial charge in [0, 0.05) is 22.2 Å². The topological polar surface area (TPSA) is 3.24 Å². The summed E-state index contributed by atoms with van der Waals surface area (Å²) in [6.07, 6.45) is 0. The first-order chi connectivity index (χ1) is 29.5. The van der Waals surface area contributed by atoms with Gasteiger partial charge in [0.1, 0.15) is 0 Å². The molecular formula is C59H43N. The first kappa shape index (κ1) is 35.7. The third-order valence-electron chi connectivity index (χ3n) is 12.7. The molecule has 1 heteroatoms. The molecule has 0 unspecified atom stereocenters. The Kier molecular flexibility index (Phi) is 8.57. The van der Waals surface area contributed by atoms with Gasteiger partial charge in [-0.3, -0.25) is 0 Å². The highest BCUT2D eigenvalue weighted by atomic mass is 15.1. The van der Waals surface area contributed by atoms with Crippen LogP contribution in [0.15, 0.2) is 224 Å². The Hall–Kier alpha value is -7.48. The second-order valence-electron chi connectivity index (χ2n) is 16.5. The molecule has 0 spiro atoms. The van der Waals surface area contributed by atoms with Crippen LogP contribution in [0.4, 0.5) is 17.1 Å². The van der Waals surface area contributed by atoms with Crippen LogP contribution in [0, 0.1) is 0 Å². The molecule has 1 nitrogen and oxygen atoms in total. The van der Waals surface area contributed by atoms with Crippen molar-refractivity contribution in [1.82, 2.24) is 0 Å². The van der Waals surface area contributed by atoms with Gasteiger partial charge in [0.2, 0.25) is 0 Å². The number of hydrogen-bond donors (Lipinski definition) is 0. The van der Waals surface area contributed by atoms with Crippen molar-refractivity contribution in [2.45, 2.75) is 19.3 Å². The summed E-state index contributed by atoms with van der Waals surface area (Å²) in [5, 5.41) is 4.95. The normalized spacial score (nSPS) is 12.6. The number of anilines is 3. The summed E-state index contributed by atoms with van der Waals surface area (Å²) in [5.74, 6) is 0. The molecule has 0 saturated carbocycles.